The Morgan fingerprint density at radius 2 is 2.00 bits per heavy atom. The highest BCUT2D eigenvalue weighted by atomic mass is 35.5. The first-order valence-electron chi connectivity index (χ1n) is 10.6. The molecular weight excluding hydrogens is 453 g/mol. The molecule has 2 aliphatic rings. The molecule has 0 saturated carbocycles. The lowest BCUT2D eigenvalue weighted by Gasteiger charge is -2.45. The third kappa shape index (κ3) is 3.66. The van der Waals surface area contributed by atoms with Gasteiger partial charge in [-0.3, -0.25) is 4.79 Å². The van der Waals surface area contributed by atoms with Crippen LogP contribution >= 0.6 is 23.2 Å². The van der Waals surface area contributed by atoms with Gasteiger partial charge in [0.1, 0.15) is 11.6 Å². The van der Waals surface area contributed by atoms with Crippen molar-refractivity contribution in [3.63, 3.8) is 0 Å². The summed E-state index contributed by atoms with van der Waals surface area (Å²) in [5.74, 6) is -1.90. The monoisotopic (exact) mass is 476 g/mol. The molecular formula is C25H24Cl2F2N2O. The zero-order valence-electron chi connectivity index (χ0n) is 17.8. The van der Waals surface area contributed by atoms with Crippen LogP contribution in [0.3, 0.4) is 0 Å². The lowest BCUT2D eigenvalue weighted by Crippen LogP contribution is -2.53. The molecule has 1 aliphatic carbocycles. The van der Waals surface area contributed by atoms with Gasteiger partial charge in [-0.25, -0.2) is 8.78 Å². The van der Waals surface area contributed by atoms with Crippen molar-refractivity contribution in [2.24, 2.45) is 11.8 Å². The molecule has 168 valence electrons. The largest absolute Gasteiger partial charge is 0.325 e. The summed E-state index contributed by atoms with van der Waals surface area (Å²) in [5.41, 5.74) is 0.392. The molecule has 7 heteroatoms. The van der Waals surface area contributed by atoms with Crippen molar-refractivity contribution in [3.8, 4) is 0 Å². The predicted octanol–water partition coefficient (Wildman–Crippen LogP) is 6.49. The maximum atomic E-state index is 15.1. The summed E-state index contributed by atoms with van der Waals surface area (Å²) in [6.07, 6.45) is 7.01. The zero-order valence-corrected chi connectivity index (χ0v) is 19.3. The first-order chi connectivity index (χ1) is 15.3. The van der Waals surface area contributed by atoms with E-state index < -0.39 is 23.1 Å². The summed E-state index contributed by atoms with van der Waals surface area (Å²) in [5, 5.41) is 7.36. The fraction of sp³-hybridized carbons (Fsp3) is 0.320. The molecule has 2 aromatic rings. The molecule has 0 aromatic heterocycles. The number of carbonyl (C=O) groups is 1. The van der Waals surface area contributed by atoms with Crippen LogP contribution in [0.2, 0.25) is 5.02 Å². The molecule has 0 spiro atoms. The second-order valence-corrected chi connectivity index (χ2v) is 9.20. The van der Waals surface area contributed by atoms with Crippen molar-refractivity contribution in [3.05, 3.63) is 87.4 Å². The highest BCUT2D eigenvalue weighted by Gasteiger charge is 2.58. The van der Waals surface area contributed by atoms with Gasteiger partial charge in [-0.15, -0.1) is 0 Å². The number of rotatable bonds is 6. The predicted molar refractivity (Wildman–Crippen MR) is 125 cm³/mol. The first kappa shape index (κ1) is 23.0. The number of anilines is 1. The lowest BCUT2D eigenvalue weighted by molar-refractivity contribution is -0.125. The van der Waals surface area contributed by atoms with Crippen LogP contribution in [-0.4, -0.2) is 13.0 Å². The van der Waals surface area contributed by atoms with Crippen LogP contribution in [0.5, 0.6) is 0 Å². The maximum absolute atomic E-state index is 15.1. The van der Waals surface area contributed by atoms with Crippen molar-refractivity contribution in [2.45, 2.75) is 31.2 Å². The van der Waals surface area contributed by atoms with Crippen LogP contribution in [0.25, 0.3) is 0 Å². The van der Waals surface area contributed by atoms with Gasteiger partial charge in [0.15, 0.2) is 0 Å². The summed E-state index contributed by atoms with van der Waals surface area (Å²) in [7, 11) is 1.69. The minimum absolute atomic E-state index is 0.0516. The molecule has 2 aromatic carbocycles. The van der Waals surface area contributed by atoms with Crippen molar-refractivity contribution < 1.29 is 13.6 Å². The first-order valence-corrected chi connectivity index (χ1v) is 11.3. The molecule has 2 N–H and O–H groups in total. The minimum Gasteiger partial charge on any atom is -0.325 e. The Kier molecular flexibility index (Phi) is 6.44. The van der Waals surface area contributed by atoms with Crippen LogP contribution in [0, 0.1) is 23.5 Å². The van der Waals surface area contributed by atoms with Crippen LogP contribution in [0.1, 0.15) is 36.9 Å². The molecule has 4 atom stereocenters. The molecule has 1 amide bonds. The Hall–Kier alpha value is -2.21. The van der Waals surface area contributed by atoms with E-state index in [1.807, 2.05) is 25.1 Å². The molecule has 1 heterocycles. The number of nitrogens with one attached hydrogen (secondary N) is 2. The van der Waals surface area contributed by atoms with E-state index in [1.165, 1.54) is 12.1 Å². The van der Waals surface area contributed by atoms with Crippen molar-refractivity contribution >= 4 is 34.8 Å². The molecule has 1 aliphatic heterocycles. The number of amides is 1. The number of benzene rings is 2. The van der Waals surface area contributed by atoms with E-state index in [9.17, 15) is 9.18 Å². The standard InChI is InChI=1S/C25H24Cl2F2N2O/c1-3-19(14-5-4-6-15(26)11-14)25(20-10-7-16(27)12-22(20)31-24(25)32)23(30-2)18-9-8-17(28)13-21(18)29/h4-10,12-14,19,23,30H,3,11H2,1-2H3,(H,31,32)/t14?,19-,23-,25+/m0/s1. The fourth-order valence-corrected chi connectivity index (χ4v) is 5.89. The maximum Gasteiger partial charge on any atom is 0.237 e. The Morgan fingerprint density at radius 3 is 2.66 bits per heavy atom. The van der Waals surface area contributed by atoms with Gasteiger partial charge in [-0.2, -0.15) is 0 Å². The average Bonchev–Trinajstić information content (AvgIpc) is 3.02. The zero-order chi connectivity index (χ0) is 23.0. The normalized spacial score (nSPS) is 24.0. The fourth-order valence-electron chi connectivity index (χ4n) is 5.46. The number of carbonyl (C=O) groups excluding carboxylic acids is 1. The SMILES string of the molecule is CC[C@@H](C1C=CC=C(Cl)C1)[C@@]1([C@@H](NC)c2ccc(F)cc2F)C(=O)Nc2cc(Cl)ccc21. The van der Waals surface area contributed by atoms with Gasteiger partial charge in [0.05, 0.1) is 11.5 Å². The van der Waals surface area contributed by atoms with E-state index in [0.29, 0.717) is 28.6 Å². The number of hydrogen-bond donors (Lipinski definition) is 2. The molecule has 1 unspecified atom stereocenters. The van der Waals surface area contributed by atoms with E-state index in [0.717, 1.165) is 11.6 Å². The Morgan fingerprint density at radius 1 is 1.22 bits per heavy atom. The van der Waals surface area contributed by atoms with Gasteiger partial charge in [0, 0.05) is 27.4 Å². The van der Waals surface area contributed by atoms with Gasteiger partial charge in [-0.1, -0.05) is 60.8 Å². The highest BCUT2D eigenvalue weighted by molar-refractivity contribution is 6.31. The second-order valence-electron chi connectivity index (χ2n) is 8.28. The molecule has 4 rings (SSSR count). The van der Waals surface area contributed by atoms with Gasteiger partial charge in [-0.05, 0) is 55.1 Å². The average molecular weight is 477 g/mol. The number of fused-ring (bicyclic) bond motifs is 1. The van der Waals surface area contributed by atoms with Crippen LogP contribution < -0.4 is 10.6 Å². The molecule has 0 radical (unpaired) electrons. The van der Waals surface area contributed by atoms with Gasteiger partial charge < -0.3 is 10.6 Å². The summed E-state index contributed by atoms with van der Waals surface area (Å²) >= 11 is 12.6. The van der Waals surface area contributed by atoms with E-state index in [-0.39, 0.29) is 23.3 Å². The van der Waals surface area contributed by atoms with Gasteiger partial charge >= 0.3 is 0 Å². The summed E-state index contributed by atoms with van der Waals surface area (Å²) in [6.45, 7) is 2.02. The smallest absolute Gasteiger partial charge is 0.237 e. The number of hydrogen-bond acceptors (Lipinski definition) is 2. The van der Waals surface area contributed by atoms with Gasteiger partial charge in [0.2, 0.25) is 5.91 Å². The Bertz CT molecular complexity index is 1120. The lowest BCUT2D eigenvalue weighted by atomic mass is 9.58. The van der Waals surface area contributed by atoms with Crippen LogP contribution in [0.4, 0.5) is 14.5 Å². The molecule has 3 nitrogen and oxygen atoms in total. The van der Waals surface area contributed by atoms with Crippen molar-refractivity contribution in [1.29, 1.82) is 0 Å². The summed E-state index contributed by atoms with van der Waals surface area (Å²) in [6, 6.07) is 7.99. The third-order valence-corrected chi connectivity index (χ3v) is 7.19. The van der Waals surface area contributed by atoms with Crippen LogP contribution in [-0.2, 0) is 10.2 Å². The van der Waals surface area contributed by atoms with E-state index >= 15 is 4.39 Å². The minimum atomic E-state index is -1.17. The van der Waals surface area contributed by atoms with E-state index in [4.69, 9.17) is 23.2 Å². The highest BCUT2D eigenvalue weighted by Crippen LogP contribution is 2.55. The number of likely N-dealkylation sites (N-methyl/N-ethyl adjacent to an activating group) is 1. The number of halogens is 4. The second kappa shape index (κ2) is 8.97. The van der Waals surface area contributed by atoms with Crippen molar-refractivity contribution in [1.82, 2.24) is 5.32 Å². The molecule has 0 bridgehead atoms. The Labute approximate surface area is 196 Å². The van der Waals surface area contributed by atoms with E-state index in [2.05, 4.69) is 16.7 Å². The van der Waals surface area contributed by atoms with Gasteiger partial charge in [0.25, 0.3) is 0 Å². The molecule has 32 heavy (non-hydrogen) atoms. The third-order valence-electron chi connectivity index (χ3n) is 6.68. The van der Waals surface area contributed by atoms with E-state index in [1.54, 1.807) is 19.2 Å². The number of allylic oxidation sites excluding steroid dienone is 4. The Balaban J connectivity index is 1.98. The topological polar surface area (TPSA) is 41.1 Å². The summed E-state index contributed by atoms with van der Waals surface area (Å²) < 4.78 is 28.8. The van der Waals surface area contributed by atoms with Crippen LogP contribution in [0.15, 0.2) is 59.7 Å². The molecule has 0 saturated heterocycles. The van der Waals surface area contributed by atoms with Crippen molar-refractivity contribution in [2.75, 3.05) is 12.4 Å². The molecule has 0 fully saturated rings. The summed E-state index contributed by atoms with van der Waals surface area (Å²) in [4.78, 5) is 13.9. The quantitative estimate of drug-likeness (QED) is 0.499.